The second-order valence-corrected chi connectivity index (χ2v) is 11.8. The topological polar surface area (TPSA) is 87.0 Å². The lowest BCUT2D eigenvalue weighted by molar-refractivity contribution is -0.185. The van der Waals surface area contributed by atoms with E-state index in [-0.39, 0.29) is 59.1 Å². The maximum absolute atomic E-state index is 14.1. The largest absolute Gasteiger partial charge is 0.474 e. The van der Waals surface area contributed by atoms with E-state index in [1.165, 1.54) is 31.2 Å². The molecule has 0 unspecified atom stereocenters. The SMILES string of the molecule is Cc1ccc(S(=O)(=O)n2cc(-c3cc(OC4CCC(C(F)(F)F)CC4)nc(C)n3)c3c(C(F)(F)F)nccc32)cc1. The Morgan fingerprint density at radius 1 is 0.927 bits per heavy atom. The van der Waals surface area contributed by atoms with Gasteiger partial charge >= 0.3 is 12.4 Å². The average Bonchev–Trinajstić information content (AvgIpc) is 3.29. The third-order valence-electron chi connectivity index (χ3n) is 7.04. The van der Waals surface area contributed by atoms with Gasteiger partial charge in [0.25, 0.3) is 10.0 Å². The molecule has 0 bridgehead atoms. The lowest BCUT2D eigenvalue weighted by Gasteiger charge is -2.29. The number of rotatable bonds is 5. The highest BCUT2D eigenvalue weighted by molar-refractivity contribution is 7.90. The van der Waals surface area contributed by atoms with Gasteiger partial charge in [0.15, 0.2) is 5.69 Å². The number of fused-ring (bicyclic) bond motifs is 1. The Labute approximate surface area is 231 Å². The number of ether oxygens (including phenoxy) is 1. The van der Waals surface area contributed by atoms with Crippen LogP contribution >= 0.6 is 0 Å². The summed E-state index contributed by atoms with van der Waals surface area (Å²) in [6, 6.07) is 8.29. The fourth-order valence-electron chi connectivity index (χ4n) is 5.00. The third-order valence-corrected chi connectivity index (χ3v) is 8.73. The van der Waals surface area contributed by atoms with Crippen molar-refractivity contribution in [3.05, 3.63) is 65.9 Å². The number of halogens is 6. The highest BCUT2D eigenvalue weighted by Crippen LogP contribution is 2.42. The molecule has 3 aromatic heterocycles. The minimum atomic E-state index is -4.92. The van der Waals surface area contributed by atoms with Gasteiger partial charge in [0.2, 0.25) is 5.88 Å². The molecule has 1 fully saturated rings. The summed E-state index contributed by atoms with van der Waals surface area (Å²) in [6.07, 6.45) is -7.84. The normalized spacial score (nSPS) is 18.5. The summed E-state index contributed by atoms with van der Waals surface area (Å²) in [5.41, 5.74) is -0.995. The Kier molecular flexibility index (Phi) is 7.24. The fourth-order valence-corrected chi connectivity index (χ4v) is 6.36. The molecule has 0 spiro atoms. The van der Waals surface area contributed by atoms with E-state index in [4.69, 9.17) is 4.74 Å². The first-order valence-corrected chi connectivity index (χ1v) is 14.1. The van der Waals surface area contributed by atoms with Crippen LogP contribution in [-0.2, 0) is 16.2 Å². The van der Waals surface area contributed by atoms with Gasteiger partial charge in [-0.1, -0.05) is 17.7 Å². The summed E-state index contributed by atoms with van der Waals surface area (Å²) in [5.74, 6) is -1.34. The molecule has 3 heterocycles. The molecule has 218 valence electrons. The van der Waals surface area contributed by atoms with Crippen LogP contribution in [0.15, 0.2) is 53.7 Å². The van der Waals surface area contributed by atoms with Crippen LogP contribution in [0.3, 0.4) is 0 Å². The fraction of sp³-hybridized carbons (Fsp3) is 0.370. The van der Waals surface area contributed by atoms with Gasteiger partial charge in [-0.2, -0.15) is 31.3 Å². The molecule has 41 heavy (non-hydrogen) atoms. The van der Waals surface area contributed by atoms with Crippen LogP contribution in [0.2, 0.25) is 0 Å². The van der Waals surface area contributed by atoms with Gasteiger partial charge in [-0.15, -0.1) is 0 Å². The van der Waals surface area contributed by atoms with Gasteiger partial charge < -0.3 is 4.74 Å². The summed E-state index contributed by atoms with van der Waals surface area (Å²) in [4.78, 5) is 11.8. The van der Waals surface area contributed by atoms with Crippen molar-refractivity contribution >= 4 is 20.9 Å². The summed E-state index contributed by atoms with van der Waals surface area (Å²) in [6.45, 7) is 3.24. The monoisotopic (exact) mass is 598 g/mol. The molecule has 1 saturated carbocycles. The van der Waals surface area contributed by atoms with Crippen LogP contribution in [0, 0.1) is 19.8 Å². The molecule has 5 rings (SSSR count). The summed E-state index contributed by atoms with van der Waals surface area (Å²) >= 11 is 0. The molecule has 14 heteroatoms. The Morgan fingerprint density at radius 3 is 2.20 bits per heavy atom. The number of alkyl halides is 6. The molecule has 0 amide bonds. The van der Waals surface area contributed by atoms with Crippen molar-refractivity contribution in [2.45, 2.75) is 62.9 Å². The van der Waals surface area contributed by atoms with Gasteiger partial charge in [0, 0.05) is 29.4 Å². The Morgan fingerprint density at radius 2 is 1.59 bits per heavy atom. The van der Waals surface area contributed by atoms with Crippen LogP contribution in [0.1, 0.15) is 42.8 Å². The van der Waals surface area contributed by atoms with E-state index in [1.54, 1.807) is 19.1 Å². The van der Waals surface area contributed by atoms with Crippen molar-refractivity contribution in [2.24, 2.45) is 5.92 Å². The first-order chi connectivity index (χ1) is 19.1. The summed E-state index contributed by atoms with van der Waals surface area (Å²) in [7, 11) is -4.34. The molecule has 0 atom stereocenters. The molecule has 1 aliphatic rings. The van der Waals surface area contributed by atoms with Crippen molar-refractivity contribution < 1.29 is 39.5 Å². The van der Waals surface area contributed by atoms with Crippen LogP contribution in [0.25, 0.3) is 22.2 Å². The van der Waals surface area contributed by atoms with E-state index in [9.17, 15) is 34.8 Å². The number of hydrogen-bond acceptors (Lipinski definition) is 6. The first kappa shape index (κ1) is 28.8. The smallest absolute Gasteiger partial charge is 0.434 e. The van der Waals surface area contributed by atoms with Gasteiger partial charge in [0.05, 0.1) is 22.0 Å². The number of aromatic nitrogens is 4. The Bertz CT molecular complexity index is 1690. The molecular formula is C27H24F6N4O3S. The van der Waals surface area contributed by atoms with E-state index < -0.39 is 45.5 Å². The number of hydrogen-bond donors (Lipinski definition) is 0. The molecular weight excluding hydrogens is 574 g/mol. The maximum Gasteiger partial charge on any atom is 0.434 e. The summed E-state index contributed by atoms with van der Waals surface area (Å²) < 4.78 is 115. The number of aryl methyl sites for hydroxylation is 2. The first-order valence-electron chi connectivity index (χ1n) is 12.6. The van der Waals surface area contributed by atoms with Gasteiger partial charge in [0.1, 0.15) is 11.9 Å². The standard InChI is InChI=1S/C27H24F6N4O3S/c1-15-3-9-19(10-4-15)41(38,39)37-14-20(24-22(37)11-12-34-25(24)27(31,32)33)21-13-23(36-16(2)35-21)40-18-7-5-17(6-8-18)26(28,29)30/h3-4,9-14,17-18H,5-8H2,1-2H3. The predicted octanol–water partition coefficient (Wildman–Crippen LogP) is 6.87. The van der Waals surface area contributed by atoms with Crippen LogP contribution in [0.4, 0.5) is 26.3 Å². The zero-order chi connectivity index (χ0) is 29.7. The van der Waals surface area contributed by atoms with E-state index in [2.05, 4.69) is 15.0 Å². The molecule has 7 nitrogen and oxygen atoms in total. The highest BCUT2D eigenvalue weighted by Gasteiger charge is 2.42. The van der Waals surface area contributed by atoms with Gasteiger partial charge in [-0.05, 0) is 57.7 Å². The Balaban J connectivity index is 1.61. The molecule has 1 aliphatic carbocycles. The Hall–Kier alpha value is -3.68. The van der Waals surface area contributed by atoms with Crippen LogP contribution in [0.5, 0.6) is 5.88 Å². The van der Waals surface area contributed by atoms with Crippen molar-refractivity contribution in [2.75, 3.05) is 0 Å². The van der Waals surface area contributed by atoms with E-state index >= 15 is 0 Å². The van der Waals surface area contributed by atoms with Crippen molar-refractivity contribution in [1.29, 1.82) is 0 Å². The second-order valence-electron chi connectivity index (χ2n) is 9.98. The third kappa shape index (κ3) is 5.74. The summed E-state index contributed by atoms with van der Waals surface area (Å²) in [5, 5.41) is -0.481. The molecule has 1 aromatic carbocycles. The lowest BCUT2D eigenvalue weighted by atomic mass is 9.87. The van der Waals surface area contributed by atoms with Gasteiger partial charge in [-0.3, -0.25) is 4.98 Å². The van der Waals surface area contributed by atoms with Crippen molar-refractivity contribution in [1.82, 2.24) is 18.9 Å². The highest BCUT2D eigenvalue weighted by atomic mass is 32.2. The predicted molar refractivity (Wildman–Crippen MR) is 137 cm³/mol. The van der Waals surface area contributed by atoms with Crippen molar-refractivity contribution in [3.8, 4) is 17.1 Å². The molecule has 0 radical (unpaired) electrons. The lowest BCUT2D eigenvalue weighted by Crippen LogP contribution is -2.32. The van der Waals surface area contributed by atoms with Crippen LogP contribution in [-0.4, -0.2) is 39.6 Å². The quantitative estimate of drug-likeness (QED) is 0.233. The van der Waals surface area contributed by atoms with Crippen LogP contribution < -0.4 is 4.74 Å². The minimum absolute atomic E-state index is 0.0392. The zero-order valence-corrected chi connectivity index (χ0v) is 22.6. The maximum atomic E-state index is 14.1. The number of benzene rings is 1. The van der Waals surface area contributed by atoms with E-state index in [0.29, 0.717) is 0 Å². The molecule has 4 aromatic rings. The van der Waals surface area contributed by atoms with Gasteiger partial charge in [-0.25, -0.2) is 17.4 Å². The van der Waals surface area contributed by atoms with E-state index in [0.717, 1.165) is 21.9 Å². The minimum Gasteiger partial charge on any atom is -0.474 e. The molecule has 0 saturated heterocycles. The number of pyridine rings is 1. The average molecular weight is 599 g/mol. The molecule has 0 aliphatic heterocycles. The van der Waals surface area contributed by atoms with Crippen molar-refractivity contribution in [3.63, 3.8) is 0 Å². The number of nitrogens with zero attached hydrogens (tertiary/aromatic N) is 4. The molecule has 0 N–H and O–H groups in total. The van der Waals surface area contributed by atoms with E-state index in [1.807, 2.05) is 0 Å². The second kappa shape index (κ2) is 10.3. The zero-order valence-electron chi connectivity index (χ0n) is 21.8.